The Kier molecular flexibility index (Phi) is 24.0. The number of hydrogen-bond acceptors (Lipinski definition) is 14. The Hall–Kier alpha value is -7.92. The first-order valence-electron chi connectivity index (χ1n) is 33.1. The van der Waals surface area contributed by atoms with Crippen molar-refractivity contribution < 1.29 is 60.2 Å². The molecule has 21 heteroatoms. The number of nitrogens with zero attached hydrogens (tertiary/aromatic N) is 4. The van der Waals surface area contributed by atoms with Crippen molar-refractivity contribution in [2.45, 2.75) is 117 Å². The molecule has 17 nitrogen and oxygen atoms in total. The molecular formula is C76H89B2N5O12S2. The number of ketones is 1. The van der Waals surface area contributed by atoms with Gasteiger partial charge < -0.3 is 34.9 Å². The predicted octanol–water partition coefficient (Wildman–Crippen LogP) is 9.67. The number of allylic oxidation sites excluding steroid dienone is 7. The van der Waals surface area contributed by atoms with E-state index >= 15 is 0 Å². The molecule has 0 aliphatic carbocycles. The zero-order valence-corrected chi connectivity index (χ0v) is 58.0. The molecule has 0 radical (unpaired) electrons. The van der Waals surface area contributed by atoms with Gasteiger partial charge in [0.1, 0.15) is 6.54 Å². The third kappa shape index (κ3) is 18.1. The Morgan fingerprint density at radius 3 is 1.79 bits per heavy atom. The van der Waals surface area contributed by atoms with Gasteiger partial charge in [-0.3, -0.25) is 23.9 Å². The Morgan fingerprint density at radius 1 is 0.639 bits per heavy atom. The summed E-state index contributed by atoms with van der Waals surface area (Å²) in [4.78, 5) is 32.4. The van der Waals surface area contributed by atoms with Gasteiger partial charge in [0.15, 0.2) is 11.5 Å². The molecule has 0 fully saturated rings. The second-order valence-electron chi connectivity index (χ2n) is 26.6. The molecule has 2 aliphatic heterocycles. The number of nitrogens with one attached hydrogen (secondary N) is 1. The molecule has 2 heterocycles. The van der Waals surface area contributed by atoms with Crippen LogP contribution in [0.3, 0.4) is 0 Å². The van der Waals surface area contributed by atoms with Gasteiger partial charge in [0.2, 0.25) is 11.6 Å². The molecule has 6 N–H and O–H groups in total. The number of rotatable bonds is 33. The second-order valence-corrected chi connectivity index (χ2v) is 29.7. The van der Waals surface area contributed by atoms with Gasteiger partial charge in [-0.15, -0.1) is 0 Å². The quantitative estimate of drug-likeness (QED) is 0.00426. The van der Waals surface area contributed by atoms with Crippen LogP contribution < -0.4 is 21.1 Å². The average molecular weight is 1350 g/mol. The highest BCUT2D eigenvalue weighted by Crippen LogP contribution is 2.48. The maximum atomic E-state index is 12.9. The third-order valence-corrected chi connectivity index (χ3v) is 20.3. The number of carbonyl (C=O) groups is 2. The largest absolute Gasteiger partial charge is 0.748 e. The molecule has 508 valence electrons. The van der Waals surface area contributed by atoms with Crippen molar-refractivity contribution in [2.75, 3.05) is 49.1 Å². The highest BCUT2D eigenvalue weighted by Gasteiger charge is 2.44. The standard InChI is InChI=1S/C76H89B2N5O12S2/c1-53(2)71(84)34-19-20-42-80(49-57-24-9-15-30-67(57)77(86)87)52-64-60-27-12-11-26-59(60)63(51-81(43-21-41-79-74(85)54(3)4)50-58-25-10-16-31-68(58)78(88)89)61-38-35-56(48-62(61)64)55(36-39-72-75(5,6)65-28-13-17-32-69(65)82(72)44-22-46-96(90,91)92)37-40-73-76(7,8)66-29-14-18-33-70(66)83(73)45-23-47-97(93,94)95/h9-18,24-33,35-40,48,86-89H,1,3,19-23,34,41-47,49-52H2,2,4-8H3,(H2-,79,85,90,91,92,93,94,95). The molecule has 0 unspecified atom stereocenters. The fraction of sp³-hybridized carbons (Fsp3) is 0.329. The zero-order chi connectivity index (χ0) is 70.0. The van der Waals surface area contributed by atoms with E-state index in [-0.39, 0.29) is 37.6 Å². The topological polar surface area (TPSA) is 251 Å². The smallest absolute Gasteiger partial charge is 0.488 e. The number of para-hydroxylation sites is 2. The lowest BCUT2D eigenvalue weighted by Gasteiger charge is -2.29. The van der Waals surface area contributed by atoms with Crippen LogP contribution in [-0.2, 0) is 66.8 Å². The number of amides is 1. The third-order valence-electron chi connectivity index (χ3n) is 18.7. The lowest BCUT2D eigenvalue weighted by molar-refractivity contribution is -0.437. The number of anilines is 1. The van der Waals surface area contributed by atoms with E-state index in [0.717, 1.165) is 83.3 Å². The summed E-state index contributed by atoms with van der Waals surface area (Å²) in [5.41, 5.74) is 11.0. The van der Waals surface area contributed by atoms with Crippen molar-refractivity contribution >= 4 is 101 Å². The molecule has 0 bridgehead atoms. The van der Waals surface area contributed by atoms with Gasteiger partial charge in [-0.2, -0.15) is 13.0 Å². The van der Waals surface area contributed by atoms with Crippen LogP contribution in [0, 0.1) is 0 Å². The van der Waals surface area contributed by atoms with Crippen LogP contribution in [0.2, 0.25) is 0 Å². The van der Waals surface area contributed by atoms with Crippen LogP contribution in [0.25, 0.3) is 27.1 Å². The van der Waals surface area contributed by atoms with Gasteiger partial charge in [0.25, 0.3) is 10.1 Å². The summed E-state index contributed by atoms with van der Waals surface area (Å²) in [7, 11) is -12.3. The van der Waals surface area contributed by atoms with E-state index in [1.807, 2.05) is 72.8 Å². The summed E-state index contributed by atoms with van der Waals surface area (Å²) in [5.74, 6) is -1.23. The van der Waals surface area contributed by atoms with E-state index < -0.39 is 56.8 Å². The minimum absolute atomic E-state index is 0.0108. The lowest BCUT2D eigenvalue weighted by Crippen LogP contribution is -2.36. The number of unbranched alkanes of at least 4 members (excludes halogenated alkanes) is 1. The maximum Gasteiger partial charge on any atom is 0.488 e. The summed E-state index contributed by atoms with van der Waals surface area (Å²) >= 11 is 0. The van der Waals surface area contributed by atoms with E-state index in [4.69, 9.17) is 0 Å². The highest BCUT2D eigenvalue weighted by molar-refractivity contribution is 7.85. The van der Waals surface area contributed by atoms with Gasteiger partial charge in [0, 0.05) is 104 Å². The van der Waals surface area contributed by atoms with Crippen LogP contribution in [0.5, 0.6) is 0 Å². The van der Waals surface area contributed by atoms with Crippen LogP contribution in [0.15, 0.2) is 194 Å². The van der Waals surface area contributed by atoms with E-state index in [1.54, 1.807) is 38.1 Å². The summed E-state index contributed by atoms with van der Waals surface area (Å²) in [6.07, 6.45) is 10.6. The van der Waals surface area contributed by atoms with Crippen LogP contribution >= 0.6 is 0 Å². The van der Waals surface area contributed by atoms with Gasteiger partial charge in [-0.1, -0.05) is 154 Å². The Morgan fingerprint density at radius 2 is 1.20 bits per heavy atom. The molecule has 97 heavy (non-hydrogen) atoms. The van der Waals surface area contributed by atoms with Crippen LogP contribution in [-0.4, -0.2) is 136 Å². The van der Waals surface area contributed by atoms with E-state index in [0.29, 0.717) is 99.1 Å². The first kappa shape index (κ1) is 73.3. The van der Waals surface area contributed by atoms with Gasteiger partial charge >= 0.3 is 14.2 Å². The first-order valence-corrected chi connectivity index (χ1v) is 36.2. The molecule has 0 aromatic heterocycles. The van der Waals surface area contributed by atoms with E-state index in [1.165, 1.54) is 0 Å². The summed E-state index contributed by atoms with van der Waals surface area (Å²) in [6.45, 7) is 22.9. The average Bonchev–Trinajstić information content (AvgIpc) is 1.63. The van der Waals surface area contributed by atoms with Gasteiger partial charge in [-0.25, -0.2) is 8.42 Å². The summed E-state index contributed by atoms with van der Waals surface area (Å²) in [6, 6.07) is 45.1. The fourth-order valence-corrected chi connectivity index (χ4v) is 14.7. The molecule has 0 saturated heterocycles. The molecule has 9 rings (SSSR count). The molecule has 0 atom stereocenters. The zero-order valence-electron chi connectivity index (χ0n) is 56.4. The van der Waals surface area contributed by atoms with Crippen molar-refractivity contribution in [1.82, 2.24) is 15.1 Å². The normalized spacial score (nSPS) is 14.9. The number of hydrogen-bond donors (Lipinski definition) is 6. The summed E-state index contributed by atoms with van der Waals surface area (Å²) in [5, 5.41) is 49.6. The Balaban J connectivity index is 1.30. The number of carbonyl (C=O) groups excluding carboxylic acids is 2. The van der Waals surface area contributed by atoms with Crippen LogP contribution in [0.1, 0.15) is 119 Å². The molecule has 0 saturated carbocycles. The van der Waals surface area contributed by atoms with Crippen molar-refractivity contribution in [3.05, 3.63) is 233 Å². The Labute approximate surface area is 572 Å². The molecule has 7 aromatic carbocycles. The van der Waals surface area contributed by atoms with Crippen LogP contribution in [0.4, 0.5) is 11.4 Å². The van der Waals surface area contributed by atoms with E-state index in [9.17, 15) is 55.6 Å². The number of benzene rings is 7. The van der Waals surface area contributed by atoms with Gasteiger partial charge in [0.05, 0.1) is 21.3 Å². The maximum absolute atomic E-state index is 12.9. The monoisotopic (exact) mass is 1350 g/mol. The SMILES string of the molecule is C=C(C)C(=O)CCCCN(Cc1ccccc1B(O)O)Cc1c2ccccc2c(CN(CCCNC(=O)C(=C)C)Cc2ccccc2B(O)O)c2ccc(C(=C\C=C3/N(CCCS(=O)(=O)O)c4ccccc4C3(C)C)/C=C/C3=[N+](CCCS(=O)(=O)[O-])c4ccccc4C3(C)C)cc12. The molecule has 2 aliphatic rings. The molecule has 7 aromatic rings. The molecular weight excluding hydrogens is 1260 g/mol. The molecule has 0 spiro atoms. The first-order chi connectivity index (χ1) is 46.0. The predicted molar refractivity (Wildman–Crippen MR) is 390 cm³/mol. The number of fused-ring (bicyclic) bond motifs is 4. The van der Waals surface area contributed by atoms with Crippen molar-refractivity contribution in [3.8, 4) is 0 Å². The summed E-state index contributed by atoms with van der Waals surface area (Å²) < 4.78 is 72.6. The molecule has 1 amide bonds. The van der Waals surface area contributed by atoms with Crippen molar-refractivity contribution in [3.63, 3.8) is 0 Å². The van der Waals surface area contributed by atoms with Crippen molar-refractivity contribution in [1.29, 1.82) is 0 Å². The minimum Gasteiger partial charge on any atom is -0.748 e. The highest BCUT2D eigenvalue weighted by atomic mass is 32.2. The lowest BCUT2D eigenvalue weighted by atomic mass is 9.77. The fourth-order valence-electron chi connectivity index (χ4n) is 13.7. The van der Waals surface area contributed by atoms with Crippen molar-refractivity contribution in [2.24, 2.45) is 0 Å². The Bertz CT molecular complexity index is 4480. The van der Waals surface area contributed by atoms with E-state index in [2.05, 4.69) is 132 Å². The van der Waals surface area contributed by atoms with Gasteiger partial charge in [-0.05, 0) is 161 Å². The number of Topliss-reactive ketones (excluding diaryl/α,β-unsaturated/α-hetero) is 1. The minimum atomic E-state index is -4.52. The second kappa shape index (κ2) is 31.7.